The number of halogens is 1. The van der Waals surface area contributed by atoms with Crippen molar-refractivity contribution in [2.75, 3.05) is 13.1 Å². The summed E-state index contributed by atoms with van der Waals surface area (Å²) in [5, 5.41) is 8.90. The molecule has 4 aromatic rings. The lowest BCUT2D eigenvalue weighted by molar-refractivity contribution is 0.289. The number of rotatable bonds is 3. The molecule has 0 saturated heterocycles. The third kappa shape index (κ3) is 3.08. The van der Waals surface area contributed by atoms with E-state index in [0.29, 0.717) is 35.2 Å². The van der Waals surface area contributed by atoms with Gasteiger partial charge in [-0.05, 0) is 42.3 Å². The van der Waals surface area contributed by atoms with Gasteiger partial charge in [0.1, 0.15) is 17.1 Å². The lowest BCUT2D eigenvalue weighted by Gasteiger charge is -2.26. The maximum absolute atomic E-state index is 15.2. The second-order valence-corrected chi connectivity index (χ2v) is 7.41. The Hall–Kier alpha value is -3.76. The smallest absolute Gasteiger partial charge is 0.272 e. The summed E-state index contributed by atoms with van der Waals surface area (Å²) in [6.45, 7) is 1.91. The fourth-order valence-corrected chi connectivity index (χ4v) is 3.98. The Morgan fingerprint density at radius 3 is 2.83 bits per heavy atom. The van der Waals surface area contributed by atoms with E-state index in [0.717, 1.165) is 24.2 Å². The van der Waals surface area contributed by atoms with Crippen molar-refractivity contribution in [2.45, 2.75) is 13.0 Å². The van der Waals surface area contributed by atoms with Crippen molar-refractivity contribution in [1.29, 1.82) is 5.26 Å². The van der Waals surface area contributed by atoms with E-state index in [1.54, 1.807) is 41.1 Å². The maximum atomic E-state index is 15.2. The highest BCUT2D eigenvalue weighted by Gasteiger charge is 2.18. The number of hydrogen-bond donors (Lipinski definition) is 1. The van der Waals surface area contributed by atoms with E-state index in [-0.39, 0.29) is 16.9 Å². The molecular formula is C23H18FN5O. The molecule has 0 fully saturated rings. The van der Waals surface area contributed by atoms with E-state index in [9.17, 15) is 4.79 Å². The van der Waals surface area contributed by atoms with Gasteiger partial charge in [0, 0.05) is 37.6 Å². The standard InChI is InChI=1S/C23H18FN5O/c24-21-17(4-6-19-22(21)27-23(30)20-2-1-9-29(19)20)14-28-10-7-16(8-11-28)18-5-3-15(12-25)13-26-18/h1-7,9,13H,8,10-11,14H2,(H,27,30). The van der Waals surface area contributed by atoms with Gasteiger partial charge in [0.05, 0.1) is 16.8 Å². The highest BCUT2D eigenvalue weighted by molar-refractivity contribution is 5.79. The van der Waals surface area contributed by atoms with Gasteiger partial charge in [-0.25, -0.2) is 4.39 Å². The lowest BCUT2D eigenvalue weighted by Crippen LogP contribution is -2.28. The van der Waals surface area contributed by atoms with E-state index in [1.807, 2.05) is 12.1 Å². The molecule has 6 nitrogen and oxygen atoms in total. The molecule has 4 heterocycles. The van der Waals surface area contributed by atoms with Crippen LogP contribution >= 0.6 is 0 Å². The molecule has 1 aliphatic rings. The fourth-order valence-electron chi connectivity index (χ4n) is 3.98. The molecule has 0 amide bonds. The Morgan fingerprint density at radius 2 is 2.10 bits per heavy atom. The predicted molar refractivity (Wildman–Crippen MR) is 112 cm³/mol. The highest BCUT2D eigenvalue weighted by atomic mass is 19.1. The Morgan fingerprint density at radius 1 is 1.20 bits per heavy atom. The van der Waals surface area contributed by atoms with E-state index in [2.05, 4.69) is 27.0 Å². The molecule has 5 rings (SSSR count). The number of aromatic amines is 1. The van der Waals surface area contributed by atoms with Crippen LogP contribution in [0.5, 0.6) is 0 Å². The van der Waals surface area contributed by atoms with Crippen molar-refractivity contribution in [2.24, 2.45) is 0 Å². The fraction of sp³-hybridized carbons (Fsp3) is 0.174. The van der Waals surface area contributed by atoms with Crippen LogP contribution in [0.3, 0.4) is 0 Å². The van der Waals surface area contributed by atoms with E-state index in [4.69, 9.17) is 5.26 Å². The molecule has 0 aliphatic carbocycles. The number of pyridine rings is 1. The zero-order valence-electron chi connectivity index (χ0n) is 16.1. The molecule has 0 saturated carbocycles. The van der Waals surface area contributed by atoms with Crippen LogP contribution in [-0.4, -0.2) is 32.4 Å². The Labute approximate surface area is 171 Å². The van der Waals surface area contributed by atoms with Crippen LogP contribution in [0, 0.1) is 17.1 Å². The normalized spacial score (nSPS) is 14.7. The van der Waals surface area contributed by atoms with Crippen LogP contribution in [0.4, 0.5) is 4.39 Å². The number of benzene rings is 1. The number of fused-ring (bicyclic) bond motifs is 3. The maximum Gasteiger partial charge on any atom is 0.272 e. The van der Waals surface area contributed by atoms with Gasteiger partial charge in [0.2, 0.25) is 0 Å². The summed E-state index contributed by atoms with van der Waals surface area (Å²) in [5.41, 5.74) is 4.17. The number of nitriles is 1. The van der Waals surface area contributed by atoms with E-state index < -0.39 is 0 Å². The number of nitrogens with zero attached hydrogens (tertiary/aromatic N) is 4. The molecule has 1 N–H and O–H groups in total. The van der Waals surface area contributed by atoms with Crippen LogP contribution in [0.1, 0.15) is 23.2 Å². The Balaban J connectivity index is 1.39. The number of aromatic nitrogens is 3. The molecule has 30 heavy (non-hydrogen) atoms. The average Bonchev–Trinajstić information content (AvgIpc) is 3.28. The van der Waals surface area contributed by atoms with Crippen molar-refractivity contribution in [3.05, 3.63) is 87.9 Å². The second kappa shape index (κ2) is 7.25. The number of nitrogens with one attached hydrogen (secondary N) is 1. The van der Waals surface area contributed by atoms with Gasteiger partial charge in [-0.3, -0.25) is 14.7 Å². The topological polar surface area (TPSA) is 77.2 Å². The third-order valence-corrected chi connectivity index (χ3v) is 5.59. The van der Waals surface area contributed by atoms with Crippen molar-refractivity contribution >= 4 is 22.1 Å². The monoisotopic (exact) mass is 399 g/mol. The quantitative estimate of drug-likeness (QED) is 0.572. The minimum atomic E-state index is -0.385. The average molecular weight is 399 g/mol. The summed E-state index contributed by atoms with van der Waals surface area (Å²) in [6, 6.07) is 12.8. The van der Waals surface area contributed by atoms with Gasteiger partial charge < -0.3 is 9.38 Å². The summed E-state index contributed by atoms with van der Waals surface area (Å²) in [6.07, 6.45) is 6.24. The van der Waals surface area contributed by atoms with Crippen molar-refractivity contribution in [3.8, 4) is 6.07 Å². The first-order valence-electron chi connectivity index (χ1n) is 9.72. The van der Waals surface area contributed by atoms with Crippen LogP contribution in [0.25, 0.3) is 22.1 Å². The summed E-state index contributed by atoms with van der Waals surface area (Å²) < 4.78 is 16.9. The summed E-state index contributed by atoms with van der Waals surface area (Å²) >= 11 is 0. The SMILES string of the molecule is N#Cc1ccc(C2=CCN(Cc3ccc4c([nH]c(=O)c5cccn54)c3F)CC2)nc1. The Bertz CT molecular complexity index is 1390. The number of hydrogen-bond acceptors (Lipinski definition) is 4. The first kappa shape index (κ1) is 18.3. The van der Waals surface area contributed by atoms with Crippen LogP contribution in [-0.2, 0) is 6.54 Å². The summed E-state index contributed by atoms with van der Waals surface area (Å²) in [7, 11) is 0. The first-order valence-corrected chi connectivity index (χ1v) is 9.72. The van der Waals surface area contributed by atoms with E-state index >= 15 is 4.39 Å². The van der Waals surface area contributed by atoms with Gasteiger partial charge in [0.25, 0.3) is 5.56 Å². The van der Waals surface area contributed by atoms with Gasteiger partial charge in [-0.1, -0.05) is 12.1 Å². The lowest BCUT2D eigenvalue weighted by atomic mass is 10.0. The van der Waals surface area contributed by atoms with Crippen molar-refractivity contribution < 1.29 is 4.39 Å². The molecule has 3 aromatic heterocycles. The van der Waals surface area contributed by atoms with Crippen molar-refractivity contribution in [3.63, 3.8) is 0 Å². The van der Waals surface area contributed by atoms with Crippen molar-refractivity contribution in [1.82, 2.24) is 19.3 Å². The van der Waals surface area contributed by atoms with Gasteiger partial charge in [-0.15, -0.1) is 0 Å². The molecule has 0 unspecified atom stereocenters. The molecule has 148 valence electrons. The summed E-state index contributed by atoms with van der Waals surface area (Å²) in [5.74, 6) is -0.385. The van der Waals surface area contributed by atoms with Crippen LogP contribution in [0.15, 0.2) is 59.7 Å². The second-order valence-electron chi connectivity index (χ2n) is 7.41. The largest absolute Gasteiger partial charge is 0.316 e. The summed E-state index contributed by atoms with van der Waals surface area (Å²) in [4.78, 5) is 21.4. The molecule has 0 spiro atoms. The first-order chi connectivity index (χ1) is 14.6. The highest BCUT2D eigenvalue weighted by Crippen LogP contribution is 2.24. The number of H-pyrrole nitrogens is 1. The molecule has 7 heteroatoms. The Kier molecular flexibility index (Phi) is 4.42. The third-order valence-electron chi connectivity index (χ3n) is 5.59. The molecule has 1 aliphatic heterocycles. The molecule has 0 atom stereocenters. The van der Waals surface area contributed by atoms with Gasteiger partial charge >= 0.3 is 0 Å². The van der Waals surface area contributed by atoms with Crippen LogP contribution in [0.2, 0.25) is 0 Å². The minimum Gasteiger partial charge on any atom is -0.316 e. The predicted octanol–water partition coefficient (Wildman–Crippen LogP) is 3.48. The van der Waals surface area contributed by atoms with Gasteiger partial charge in [0.15, 0.2) is 5.82 Å². The zero-order chi connectivity index (χ0) is 20.7. The molecule has 0 bridgehead atoms. The van der Waals surface area contributed by atoms with Gasteiger partial charge in [-0.2, -0.15) is 5.26 Å². The molecule has 1 aromatic carbocycles. The molecular weight excluding hydrogens is 381 g/mol. The van der Waals surface area contributed by atoms with E-state index in [1.165, 1.54) is 0 Å². The minimum absolute atomic E-state index is 0.233. The van der Waals surface area contributed by atoms with Crippen LogP contribution < -0.4 is 5.56 Å². The zero-order valence-corrected chi connectivity index (χ0v) is 16.1. The molecule has 0 radical (unpaired) electrons.